The lowest BCUT2D eigenvalue weighted by Crippen LogP contribution is -2.40. The first-order chi connectivity index (χ1) is 27.8. The third-order valence-electron chi connectivity index (χ3n) is 11.2. The van der Waals surface area contributed by atoms with Gasteiger partial charge in [-0.05, 0) is 105 Å². The Hall–Kier alpha value is -5.94. The molecular weight excluding hydrogens is 721 g/mol. The molecule has 5 nitrogen and oxygen atoms in total. The number of nitrogens with zero attached hydrogens (tertiary/aromatic N) is 4. The van der Waals surface area contributed by atoms with Crippen molar-refractivity contribution in [2.24, 2.45) is 0 Å². The molecule has 0 amide bonds. The number of hydrogen-bond acceptors (Lipinski definition) is 2. The predicted molar refractivity (Wildman–Crippen MR) is 245 cm³/mol. The van der Waals surface area contributed by atoms with Crippen LogP contribution in [0.4, 0.5) is 0 Å². The summed E-state index contributed by atoms with van der Waals surface area (Å²) < 4.78 is 13.8. The van der Waals surface area contributed by atoms with Crippen molar-refractivity contribution in [3.05, 3.63) is 162 Å². The molecule has 0 spiro atoms. The molecule has 0 unspecified atom stereocenters. The van der Waals surface area contributed by atoms with E-state index in [2.05, 4.69) is 231 Å². The maximum Gasteiger partial charge on any atom is 0.269 e. The lowest BCUT2D eigenvalue weighted by molar-refractivity contribution is -0.611. The van der Waals surface area contributed by atoms with Crippen molar-refractivity contribution in [3.63, 3.8) is 0 Å². The summed E-state index contributed by atoms with van der Waals surface area (Å²) in [6.07, 6.45) is 5.82. The topological polar surface area (TPSA) is 35.9 Å². The molecule has 0 saturated heterocycles. The average molecular weight is 779 g/mol. The number of benzene rings is 5. The maximum atomic E-state index is 6.96. The molecule has 0 fully saturated rings. The Labute approximate surface area is 351 Å². The zero-order chi connectivity index (χ0) is 42.1. The normalized spacial score (nSPS) is 12.7. The summed E-state index contributed by atoms with van der Waals surface area (Å²) in [5.41, 5.74) is 10.9. The standard InChI is InChI=1S/C54H58N4O/c1-51(2,3)38-27-28-55-48(32-38)58-46-24-17-16-23-44(46)45-26-25-42(34-47(45)58)59-43-31-39(52(4,5)6)30-41(33-43)57-35-56(49(53(7,8)9)50(57)54(10,11)12)40-22-18-21-37(29-40)36-19-14-13-15-20-36/h13-34H,1-12H3. The molecule has 0 radical (unpaired) electrons. The molecule has 300 valence electrons. The van der Waals surface area contributed by atoms with Gasteiger partial charge in [-0.3, -0.25) is 13.7 Å². The van der Waals surface area contributed by atoms with Crippen LogP contribution >= 0.6 is 0 Å². The van der Waals surface area contributed by atoms with E-state index in [1.54, 1.807) is 0 Å². The Morgan fingerprint density at radius 1 is 0.525 bits per heavy atom. The van der Waals surface area contributed by atoms with E-state index >= 15 is 0 Å². The van der Waals surface area contributed by atoms with Gasteiger partial charge in [0.1, 0.15) is 17.3 Å². The molecule has 0 aliphatic heterocycles. The first-order valence-corrected chi connectivity index (χ1v) is 20.9. The van der Waals surface area contributed by atoms with Gasteiger partial charge in [0.2, 0.25) is 0 Å². The predicted octanol–water partition coefficient (Wildman–Crippen LogP) is 13.7. The zero-order valence-electron chi connectivity index (χ0n) is 36.9. The Bertz CT molecular complexity index is 2830. The molecule has 59 heavy (non-hydrogen) atoms. The molecule has 8 aromatic rings. The van der Waals surface area contributed by atoms with Gasteiger partial charge in [0.15, 0.2) is 0 Å². The molecule has 0 aliphatic rings. The van der Waals surface area contributed by atoms with Crippen LogP contribution in [-0.4, -0.2) is 14.1 Å². The molecule has 5 aromatic carbocycles. The molecule has 5 heteroatoms. The summed E-state index contributed by atoms with van der Waals surface area (Å²) in [6.45, 7) is 27.3. The first-order valence-electron chi connectivity index (χ1n) is 20.9. The van der Waals surface area contributed by atoms with Crippen LogP contribution in [0.1, 0.15) is 106 Å². The molecule has 0 N–H and O–H groups in total. The van der Waals surface area contributed by atoms with Crippen LogP contribution in [0.15, 0.2) is 134 Å². The second-order valence-electron chi connectivity index (χ2n) is 20.1. The van der Waals surface area contributed by atoms with Crippen LogP contribution < -0.4 is 9.30 Å². The van der Waals surface area contributed by atoms with Gasteiger partial charge in [-0.15, -0.1) is 0 Å². The fraction of sp³-hybridized carbons (Fsp3) is 0.296. The SMILES string of the molecule is CC(C)(C)c1cc(Oc2ccc3c4ccccc4n(-c4cc(C(C)(C)C)ccn4)c3c2)cc(-n2[c-][n+](-c3cccc(-c4ccccc4)c3)c(C(C)(C)C)c2C(C)(C)C)c1. The van der Waals surface area contributed by atoms with Gasteiger partial charge in [0.05, 0.1) is 33.8 Å². The van der Waals surface area contributed by atoms with Crippen molar-refractivity contribution < 1.29 is 9.30 Å². The largest absolute Gasteiger partial charge is 0.458 e. The lowest BCUT2D eigenvalue weighted by Gasteiger charge is -2.30. The van der Waals surface area contributed by atoms with Crippen molar-refractivity contribution in [3.8, 4) is 39.8 Å². The van der Waals surface area contributed by atoms with Gasteiger partial charge in [0.25, 0.3) is 6.33 Å². The molecule has 0 bridgehead atoms. The molecule has 3 aromatic heterocycles. The minimum Gasteiger partial charge on any atom is -0.458 e. The van der Waals surface area contributed by atoms with E-state index in [0.29, 0.717) is 0 Å². The number of fused-ring (bicyclic) bond motifs is 3. The number of pyridine rings is 1. The van der Waals surface area contributed by atoms with E-state index in [-0.39, 0.29) is 21.7 Å². The molecule has 8 rings (SSSR count). The van der Waals surface area contributed by atoms with E-state index in [1.165, 1.54) is 39.0 Å². The molecule has 0 atom stereocenters. The number of rotatable bonds is 6. The van der Waals surface area contributed by atoms with Crippen LogP contribution in [0.2, 0.25) is 0 Å². The number of para-hydroxylation sites is 1. The van der Waals surface area contributed by atoms with Crippen molar-refractivity contribution in [2.45, 2.75) is 105 Å². The van der Waals surface area contributed by atoms with Crippen LogP contribution in [0, 0.1) is 6.33 Å². The van der Waals surface area contributed by atoms with E-state index < -0.39 is 0 Å². The maximum absolute atomic E-state index is 6.96. The molecular formula is C54H58N4O. The van der Waals surface area contributed by atoms with Crippen molar-refractivity contribution in [2.75, 3.05) is 0 Å². The zero-order valence-corrected chi connectivity index (χ0v) is 36.9. The lowest BCUT2D eigenvalue weighted by atomic mass is 9.81. The Morgan fingerprint density at radius 2 is 1.20 bits per heavy atom. The third-order valence-corrected chi connectivity index (χ3v) is 11.2. The number of ether oxygens (including phenoxy) is 1. The Kier molecular flexibility index (Phi) is 9.74. The smallest absolute Gasteiger partial charge is 0.269 e. The van der Waals surface area contributed by atoms with Crippen LogP contribution in [0.25, 0.3) is 50.1 Å². The van der Waals surface area contributed by atoms with Gasteiger partial charge in [-0.2, -0.15) is 0 Å². The average Bonchev–Trinajstić information content (AvgIpc) is 3.76. The summed E-state index contributed by atoms with van der Waals surface area (Å²) in [7, 11) is 0. The second-order valence-corrected chi connectivity index (χ2v) is 20.1. The van der Waals surface area contributed by atoms with Gasteiger partial charge in [-0.1, -0.05) is 144 Å². The molecule has 0 aliphatic carbocycles. The summed E-state index contributed by atoms with van der Waals surface area (Å²) in [5, 5.41) is 2.34. The van der Waals surface area contributed by atoms with Crippen LogP contribution in [0.3, 0.4) is 0 Å². The molecule has 0 saturated carbocycles. The van der Waals surface area contributed by atoms with Crippen molar-refractivity contribution >= 4 is 21.8 Å². The van der Waals surface area contributed by atoms with Crippen LogP contribution in [-0.2, 0) is 21.7 Å². The first kappa shape index (κ1) is 39.9. The summed E-state index contributed by atoms with van der Waals surface area (Å²) in [6, 6.07) is 45.4. The van der Waals surface area contributed by atoms with Crippen LogP contribution in [0.5, 0.6) is 11.5 Å². The van der Waals surface area contributed by atoms with E-state index in [9.17, 15) is 0 Å². The number of imidazole rings is 1. The third kappa shape index (κ3) is 7.71. The monoisotopic (exact) mass is 778 g/mol. The number of aromatic nitrogens is 4. The highest BCUT2D eigenvalue weighted by molar-refractivity contribution is 6.09. The van der Waals surface area contributed by atoms with E-state index in [1.807, 2.05) is 6.20 Å². The fourth-order valence-electron chi connectivity index (χ4n) is 8.23. The second kappa shape index (κ2) is 14.4. The van der Waals surface area contributed by atoms with Gasteiger partial charge in [-0.25, -0.2) is 4.98 Å². The molecule has 3 heterocycles. The highest BCUT2D eigenvalue weighted by Crippen LogP contribution is 2.40. The minimum atomic E-state index is -0.211. The summed E-state index contributed by atoms with van der Waals surface area (Å²) in [5.74, 6) is 2.44. The Morgan fingerprint density at radius 3 is 1.90 bits per heavy atom. The highest BCUT2D eigenvalue weighted by Gasteiger charge is 2.34. The summed E-state index contributed by atoms with van der Waals surface area (Å²) >= 11 is 0. The highest BCUT2D eigenvalue weighted by atomic mass is 16.5. The number of hydrogen-bond donors (Lipinski definition) is 0. The van der Waals surface area contributed by atoms with Gasteiger partial charge < -0.3 is 4.74 Å². The van der Waals surface area contributed by atoms with E-state index in [4.69, 9.17) is 9.72 Å². The van der Waals surface area contributed by atoms with Crippen molar-refractivity contribution in [1.82, 2.24) is 14.1 Å². The van der Waals surface area contributed by atoms with Gasteiger partial charge in [0, 0.05) is 23.0 Å². The quantitative estimate of drug-likeness (QED) is 0.124. The minimum absolute atomic E-state index is 0.0103. The van der Waals surface area contributed by atoms with E-state index in [0.717, 1.165) is 45.1 Å². The van der Waals surface area contributed by atoms with Crippen molar-refractivity contribution in [1.29, 1.82) is 0 Å². The Balaban J connectivity index is 1.30. The van der Waals surface area contributed by atoms with Gasteiger partial charge >= 0.3 is 0 Å². The summed E-state index contributed by atoms with van der Waals surface area (Å²) in [4.78, 5) is 4.90. The fourth-order valence-corrected chi connectivity index (χ4v) is 8.23.